The van der Waals surface area contributed by atoms with E-state index in [2.05, 4.69) is 0 Å². The number of phenolic OH excluding ortho intramolecular Hbond substituents is 1. The highest BCUT2D eigenvalue weighted by Crippen LogP contribution is 2.25. The first-order valence-electron chi connectivity index (χ1n) is 6.75. The van der Waals surface area contributed by atoms with Gasteiger partial charge >= 0.3 is 0 Å². The van der Waals surface area contributed by atoms with Crippen molar-refractivity contribution in [1.82, 2.24) is 0 Å². The molecule has 104 valence electrons. The molecule has 1 N–H and O–H groups in total. The molecule has 2 aromatic carbocycles. The molecule has 0 aromatic heterocycles. The molecule has 3 heteroatoms. The minimum Gasteiger partial charge on any atom is -0.508 e. The number of phenols is 1. The van der Waals surface area contributed by atoms with E-state index in [0.29, 0.717) is 13.0 Å². The van der Waals surface area contributed by atoms with Crippen molar-refractivity contribution in [2.24, 2.45) is 0 Å². The van der Waals surface area contributed by atoms with Gasteiger partial charge in [-0.1, -0.05) is 36.4 Å². The van der Waals surface area contributed by atoms with Gasteiger partial charge in [0.1, 0.15) is 5.75 Å². The minimum atomic E-state index is 0.0346. The van der Waals surface area contributed by atoms with Gasteiger partial charge in [-0.2, -0.15) is 0 Å². The summed E-state index contributed by atoms with van der Waals surface area (Å²) in [6.45, 7) is 4.45. The van der Waals surface area contributed by atoms with Crippen LogP contribution in [-0.2, 0) is 11.2 Å². The number of amides is 1. The molecule has 0 atom stereocenters. The first-order chi connectivity index (χ1) is 9.61. The zero-order chi connectivity index (χ0) is 14.5. The van der Waals surface area contributed by atoms with Crippen molar-refractivity contribution in [3.63, 3.8) is 0 Å². The monoisotopic (exact) mass is 269 g/mol. The van der Waals surface area contributed by atoms with E-state index in [1.54, 1.807) is 17.0 Å². The number of hydrogen-bond acceptors (Lipinski definition) is 2. The summed E-state index contributed by atoms with van der Waals surface area (Å²) < 4.78 is 0. The Hall–Kier alpha value is -2.29. The number of aryl methyl sites for hydroxylation is 1. The van der Waals surface area contributed by atoms with Crippen LogP contribution >= 0.6 is 0 Å². The van der Waals surface area contributed by atoms with Gasteiger partial charge in [0.25, 0.3) is 0 Å². The Morgan fingerprint density at radius 1 is 1.15 bits per heavy atom. The Morgan fingerprint density at radius 2 is 1.85 bits per heavy atom. The largest absolute Gasteiger partial charge is 0.508 e. The van der Waals surface area contributed by atoms with Crippen LogP contribution in [0.4, 0.5) is 5.69 Å². The van der Waals surface area contributed by atoms with Gasteiger partial charge in [-0.15, -0.1) is 0 Å². The number of likely N-dealkylation sites (N-methyl/N-ethyl adjacent to an activating group) is 1. The van der Waals surface area contributed by atoms with Crippen molar-refractivity contribution in [1.29, 1.82) is 0 Å². The second-order valence-corrected chi connectivity index (χ2v) is 4.77. The van der Waals surface area contributed by atoms with Crippen molar-refractivity contribution in [3.8, 4) is 5.75 Å². The predicted molar refractivity (Wildman–Crippen MR) is 81.0 cm³/mol. The lowest BCUT2D eigenvalue weighted by Crippen LogP contribution is -2.32. The normalized spacial score (nSPS) is 10.3. The lowest BCUT2D eigenvalue weighted by atomic mass is 10.1. The van der Waals surface area contributed by atoms with E-state index in [1.807, 2.05) is 50.2 Å². The number of anilines is 1. The summed E-state index contributed by atoms with van der Waals surface area (Å²) in [5.74, 6) is 0.212. The van der Waals surface area contributed by atoms with Crippen LogP contribution < -0.4 is 4.90 Å². The molecular formula is C17H19NO2. The van der Waals surface area contributed by atoms with Gasteiger partial charge in [-0.05, 0) is 31.0 Å². The summed E-state index contributed by atoms with van der Waals surface area (Å²) in [5, 5.41) is 9.62. The third-order valence-electron chi connectivity index (χ3n) is 3.30. The molecule has 0 aliphatic heterocycles. The maximum atomic E-state index is 12.5. The van der Waals surface area contributed by atoms with Crippen LogP contribution in [-0.4, -0.2) is 17.6 Å². The molecule has 0 saturated heterocycles. The number of rotatable bonds is 4. The van der Waals surface area contributed by atoms with Gasteiger partial charge in [0.05, 0.1) is 12.1 Å². The Balaban J connectivity index is 2.23. The van der Waals surface area contributed by atoms with Gasteiger partial charge in [-0.3, -0.25) is 4.79 Å². The number of carbonyl (C=O) groups excluding carboxylic acids is 1. The molecule has 2 aromatic rings. The fraction of sp³-hybridized carbons (Fsp3) is 0.235. The molecule has 3 nitrogen and oxygen atoms in total. The summed E-state index contributed by atoms with van der Waals surface area (Å²) in [5.41, 5.74) is 2.74. The molecule has 0 fully saturated rings. The van der Waals surface area contributed by atoms with Crippen molar-refractivity contribution < 1.29 is 9.90 Å². The fourth-order valence-electron chi connectivity index (χ4n) is 2.24. The first-order valence-corrected chi connectivity index (χ1v) is 6.75. The molecular weight excluding hydrogens is 250 g/mol. The molecule has 0 saturated carbocycles. The third kappa shape index (κ3) is 3.18. The van der Waals surface area contributed by atoms with Crippen LogP contribution in [0.2, 0.25) is 0 Å². The molecule has 0 radical (unpaired) electrons. The smallest absolute Gasteiger partial charge is 0.231 e. The van der Waals surface area contributed by atoms with E-state index < -0.39 is 0 Å². The zero-order valence-corrected chi connectivity index (χ0v) is 11.8. The number of carbonyl (C=O) groups is 1. The van der Waals surface area contributed by atoms with Gasteiger partial charge in [0.2, 0.25) is 5.91 Å². The summed E-state index contributed by atoms with van der Waals surface area (Å²) >= 11 is 0. The highest BCUT2D eigenvalue weighted by atomic mass is 16.3. The van der Waals surface area contributed by atoms with Crippen LogP contribution in [0.3, 0.4) is 0 Å². The zero-order valence-electron chi connectivity index (χ0n) is 11.8. The molecule has 1 amide bonds. The topological polar surface area (TPSA) is 40.5 Å². The van der Waals surface area contributed by atoms with E-state index in [-0.39, 0.29) is 11.7 Å². The number of aromatic hydroxyl groups is 1. The maximum absolute atomic E-state index is 12.5. The second kappa shape index (κ2) is 6.24. The standard InChI is InChI=1S/C17H19NO2/c1-3-18(16-12-15(19)10-9-13(16)2)17(20)11-14-7-5-4-6-8-14/h4-10,12,19H,3,11H2,1-2H3. The second-order valence-electron chi connectivity index (χ2n) is 4.77. The molecule has 0 heterocycles. The van der Waals surface area contributed by atoms with E-state index in [9.17, 15) is 9.90 Å². The third-order valence-corrected chi connectivity index (χ3v) is 3.30. The van der Waals surface area contributed by atoms with Crippen molar-refractivity contribution >= 4 is 11.6 Å². The van der Waals surface area contributed by atoms with E-state index >= 15 is 0 Å². The van der Waals surface area contributed by atoms with Crippen molar-refractivity contribution in [3.05, 3.63) is 59.7 Å². The van der Waals surface area contributed by atoms with Crippen LogP contribution in [0.25, 0.3) is 0 Å². The van der Waals surface area contributed by atoms with Crippen LogP contribution in [0.5, 0.6) is 5.75 Å². The molecule has 0 unspecified atom stereocenters. The lowest BCUT2D eigenvalue weighted by molar-refractivity contribution is -0.117. The fourth-order valence-corrected chi connectivity index (χ4v) is 2.24. The molecule has 0 aliphatic rings. The maximum Gasteiger partial charge on any atom is 0.231 e. The Morgan fingerprint density at radius 3 is 2.50 bits per heavy atom. The summed E-state index contributed by atoms with van der Waals surface area (Å²) in [7, 11) is 0. The molecule has 0 bridgehead atoms. The number of benzene rings is 2. The van der Waals surface area contributed by atoms with Crippen LogP contribution in [0.15, 0.2) is 48.5 Å². The quantitative estimate of drug-likeness (QED) is 0.925. The van der Waals surface area contributed by atoms with E-state index in [1.165, 1.54) is 0 Å². The van der Waals surface area contributed by atoms with Gasteiger partial charge in [0.15, 0.2) is 0 Å². The molecule has 2 rings (SSSR count). The van der Waals surface area contributed by atoms with Crippen LogP contribution in [0, 0.1) is 6.92 Å². The Kier molecular flexibility index (Phi) is 4.41. The minimum absolute atomic E-state index is 0.0346. The number of hydrogen-bond donors (Lipinski definition) is 1. The van der Waals surface area contributed by atoms with Gasteiger partial charge in [0, 0.05) is 12.6 Å². The van der Waals surface area contributed by atoms with Gasteiger partial charge < -0.3 is 10.0 Å². The van der Waals surface area contributed by atoms with Gasteiger partial charge in [-0.25, -0.2) is 0 Å². The molecule has 0 spiro atoms. The van der Waals surface area contributed by atoms with Crippen molar-refractivity contribution in [2.45, 2.75) is 20.3 Å². The summed E-state index contributed by atoms with van der Waals surface area (Å²) in [4.78, 5) is 14.2. The van der Waals surface area contributed by atoms with E-state index in [4.69, 9.17) is 0 Å². The SMILES string of the molecule is CCN(C(=O)Cc1ccccc1)c1cc(O)ccc1C. The molecule has 20 heavy (non-hydrogen) atoms. The Labute approximate surface area is 119 Å². The first kappa shape index (κ1) is 14.1. The molecule has 0 aliphatic carbocycles. The Bertz CT molecular complexity index is 593. The lowest BCUT2D eigenvalue weighted by Gasteiger charge is -2.23. The van der Waals surface area contributed by atoms with Crippen LogP contribution in [0.1, 0.15) is 18.1 Å². The number of nitrogens with zero attached hydrogens (tertiary/aromatic N) is 1. The average Bonchev–Trinajstić information content (AvgIpc) is 2.44. The highest BCUT2D eigenvalue weighted by Gasteiger charge is 2.16. The predicted octanol–water partition coefficient (Wildman–Crippen LogP) is 3.30. The highest BCUT2D eigenvalue weighted by molar-refractivity contribution is 5.95. The summed E-state index contributed by atoms with van der Waals surface area (Å²) in [6.07, 6.45) is 0.365. The summed E-state index contributed by atoms with van der Waals surface area (Å²) in [6, 6.07) is 14.8. The average molecular weight is 269 g/mol. The van der Waals surface area contributed by atoms with E-state index in [0.717, 1.165) is 16.8 Å². The van der Waals surface area contributed by atoms with Crippen molar-refractivity contribution in [2.75, 3.05) is 11.4 Å².